The Balaban J connectivity index is 1.99. The quantitative estimate of drug-likeness (QED) is 0.812. The number of halogens is 2. The predicted molar refractivity (Wildman–Crippen MR) is 60.5 cm³/mol. The van der Waals surface area contributed by atoms with Gasteiger partial charge in [-0.3, -0.25) is 0 Å². The van der Waals surface area contributed by atoms with Gasteiger partial charge in [0.25, 0.3) is 0 Å². The number of rotatable bonds is 3. The summed E-state index contributed by atoms with van der Waals surface area (Å²) in [5.41, 5.74) is 0.988. The monoisotopic (exact) mass is 282 g/mol. The van der Waals surface area contributed by atoms with E-state index in [0.717, 1.165) is 22.4 Å². The largest absolute Gasteiger partial charge is 0.473 e. The van der Waals surface area contributed by atoms with Gasteiger partial charge < -0.3 is 4.74 Å². The highest BCUT2D eigenvalue weighted by Crippen LogP contribution is 2.13. The molecule has 0 saturated heterocycles. The smallest absolute Gasteiger partial charge is 0.219 e. The van der Waals surface area contributed by atoms with Crippen molar-refractivity contribution >= 4 is 15.9 Å². The first-order chi connectivity index (χ1) is 7.74. The maximum Gasteiger partial charge on any atom is 0.219 e. The molecule has 82 valence electrons. The Bertz CT molecular complexity index is 476. The van der Waals surface area contributed by atoms with Crippen molar-refractivity contribution in [3.63, 3.8) is 0 Å². The first-order valence-corrected chi connectivity index (χ1v) is 5.38. The lowest BCUT2D eigenvalue weighted by Gasteiger charge is -2.04. The molecule has 16 heavy (non-hydrogen) atoms. The lowest BCUT2D eigenvalue weighted by atomic mass is 10.2. The fourth-order valence-corrected chi connectivity index (χ4v) is 1.40. The molecular weight excluding hydrogens is 275 g/mol. The van der Waals surface area contributed by atoms with Crippen LogP contribution in [0, 0.1) is 5.95 Å². The molecule has 1 heterocycles. The van der Waals surface area contributed by atoms with E-state index >= 15 is 0 Å². The van der Waals surface area contributed by atoms with E-state index in [4.69, 9.17) is 4.74 Å². The summed E-state index contributed by atoms with van der Waals surface area (Å²) in [6.45, 7) is 0.351. The average Bonchev–Trinajstić information content (AvgIpc) is 2.28. The van der Waals surface area contributed by atoms with Crippen molar-refractivity contribution in [2.75, 3.05) is 0 Å². The standard InChI is InChI=1S/C11H8BrFN2O/c12-9-3-1-8(2-4-9)6-16-11-5-10(13)14-7-15-11/h1-5,7H,6H2. The second-order valence-corrected chi connectivity index (χ2v) is 4.01. The van der Waals surface area contributed by atoms with Gasteiger partial charge in [-0.15, -0.1) is 0 Å². The summed E-state index contributed by atoms with van der Waals surface area (Å²) in [5, 5.41) is 0. The molecular formula is C11H8BrFN2O. The molecule has 0 aliphatic heterocycles. The van der Waals surface area contributed by atoms with Crippen LogP contribution in [0.4, 0.5) is 4.39 Å². The zero-order chi connectivity index (χ0) is 11.4. The van der Waals surface area contributed by atoms with Crippen LogP contribution in [0.1, 0.15) is 5.56 Å². The molecule has 1 aromatic carbocycles. The van der Waals surface area contributed by atoms with Crippen LogP contribution in [0.15, 0.2) is 41.1 Å². The predicted octanol–water partition coefficient (Wildman–Crippen LogP) is 2.96. The Labute approximate surface area is 100 Å². The summed E-state index contributed by atoms with van der Waals surface area (Å²) in [6.07, 6.45) is 1.13. The third kappa shape index (κ3) is 3.00. The van der Waals surface area contributed by atoms with Crippen LogP contribution in [-0.2, 0) is 6.61 Å². The molecule has 2 aromatic rings. The van der Waals surface area contributed by atoms with Crippen molar-refractivity contribution in [2.24, 2.45) is 0 Å². The Morgan fingerprint density at radius 2 is 1.94 bits per heavy atom. The van der Waals surface area contributed by atoms with E-state index in [1.807, 2.05) is 24.3 Å². The summed E-state index contributed by atoms with van der Waals surface area (Å²) in [6, 6.07) is 8.82. The number of benzene rings is 1. The molecule has 5 heteroatoms. The number of hydrogen-bond donors (Lipinski definition) is 0. The molecule has 2 rings (SSSR count). The van der Waals surface area contributed by atoms with Gasteiger partial charge in [-0.2, -0.15) is 4.39 Å². The Kier molecular flexibility index (Phi) is 3.46. The van der Waals surface area contributed by atoms with Crippen molar-refractivity contribution in [3.05, 3.63) is 52.6 Å². The van der Waals surface area contributed by atoms with E-state index in [1.165, 1.54) is 0 Å². The topological polar surface area (TPSA) is 35.0 Å². The van der Waals surface area contributed by atoms with Gasteiger partial charge in [0.2, 0.25) is 11.8 Å². The highest BCUT2D eigenvalue weighted by Gasteiger charge is 1.99. The molecule has 0 radical (unpaired) electrons. The highest BCUT2D eigenvalue weighted by molar-refractivity contribution is 9.10. The zero-order valence-corrected chi connectivity index (χ0v) is 9.82. The lowest BCUT2D eigenvalue weighted by Crippen LogP contribution is -1.98. The van der Waals surface area contributed by atoms with Crippen molar-refractivity contribution < 1.29 is 9.13 Å². The Morgan fingerprint density at radius 1 is 1.19 bits per heavy atom. The maximum absolute atomic E-state index is 12.7. The van der Waals surface area contributed by atoms with Gasteiger partial charge in [0.15, 0.2) is 0 Å². The van der Waals surface area contributed by atoms with Crippen LogP contribution in [0.3, 0.4) is 0 Å². The van der Waals surface area contributed by atoms with E-state index in [1.54, 1.807) is 0 Å². The van der Waals surface area contributed by atoms with Crippen molar-refractivity contribution in [3.8, 4) is 5.88 Å². The van der Waals surface area contributed by atoms with Crippen LogP contribution < -0.4 is 4.74 Å². The van der Waals surface area contributed by atoms with E-state index < -0.39 is 5.95 Å². The van der Waals surface area contributed by atoms with Gasteiger partial charge in [-0.05, 0) is 17.7 Å². The molecule has 3 nitrogen and oxygen atoms in total. The number of hydrogen-bond acceptors (Lipinski definition) is 3. The number of aromatic nitrogens is 2. The molecule has 0 saturated carbocycles. The van der Waals surface area contributed by atoms with Crippen molar-refractivity contribution in [1.82, 2.24) is 9.97 Å². The molecule has 1 aromatic heterocycles. The van der Waals surface area contributed by atoms with Gasteiger partial charge in [-0.1, -0.05) is 28.1 Å². The summed E-state index contributed by atoms with van der Waals surface area (Å²) in [4.78, 5) is 7.13. The average molecular weight is 283 g/mol. The minimum absolute atomic E-state index is 0.232. The van der Waals surface area contributed by atoms with E-state index in [-0.39, 0.29) is 5.88 Å². The summed E-state index contributed by atoms with van der Waals surface area (Å²) < 4.78 is 19.0. The first kappa shape index (κ1) is 11.0. The zero-order valence-electron chi connectivity index (χ0n) is 8.23. The molecule has 0 aliphatic rings. The van der Waals surface area contributed by atoms with Gasteiger partial charge in [0, 0.05) is 4.47 Å². The van der Waals surface area contributed by atoms with Crippen LogP contribution in [0.25, 0.3) is 0 Å². The van der Waals surface area contributed by atoms with Crippen LogP contribution in [0.2, 0.25) is 0 Å². The second kappa shape index (κ2) is 5.03. The van der Waals surface area contributed by atoms with E-state index in [2.05, 4.69) is 25.9 Å². The van der Waals surface area contributed by atoms with Gasteiger partial charge in [-0.25, -0.2) is 9.97 Å². The van der Waals surface area contributed by atoms with Crippen LogP contribution in [-0.4, -0.2) is 9.97 Å². The molecule has 0 atom stereocenters. The Hall–Kier alpha value is -1.49. The van der Waals surface area contributed by atoms with E-state index in [9.17, 15) is 4.39 Å². The first-order valence-electron chi connectivity index (χ1n) is 4.59. The number of nitrogens with zero attached hydrogens (tertiary/aromatic N) is 2. The highest BCUT2D eigenvalue weighted by atomic mass is 79.9. The fraction of sp³-hybridized carbons (Fsp3) is 0.0909. The van der Waals surface area contributed by atoms with Crippen molar-refractivity contribution in [2.45, 2.75) is 6.61 Å². The maximum atomic E-state index is 12.7. The van der Waals surface area contributed by atoms with Crippen LogP contribution in [0.5, 0.6) is 5.88 Å². The fourth-order valence-electron chi connectivity index (χ4n) is 1.13. The lowest BCUT2D eigenvalue weighted by molar-refractivity contribution is 0.290. The molecule has 0 aliphatic carbocycles. The third-order valence-corrected chi connectivity index (χ3v) is 2.44. The van der Waals surface area contributed by atoms with Gasteiger partial charge in [0.1, 0.15) is 12.9 Å². The summed E-state index contributed by atoms with van der Waals surface area (Å²) in [5.74, 6) is -0.365. The van der Waals surface area contributed by atoms with Crippen LogP contribution >= 0.6 is 15.9 Å². The Morgan fingerprint density at radius 3 is 2.62 bits per heavy atom. The molecule has 0 spiro atoms. The third-order valence-electron chi connectivity index (χ3n) is 1.91. The summed E-state index contributed by atoms with van der Waals surface area (Å²) in [7, 11) is 0. The molecule has 0 fully saturated rings. The summed E-state index contributed by atoms with van der Waals surface area (Å²) >= 11 is 3.34. The minimum Gasteiger partial charge on any atom is -0.473 e. The second-order valence-electron chi connectivity index (χ2n) is 3.09. The minimum atomic E-state index is -0.596. The normalized spacial score (nSPS) is 10.1. The molecule has 0 amide bonds. The van der Waals surface area contributed by atoms with Gasteiger partial charge >= 0.3 is 0 Å². The number of ether oxygens (including phenoxy) is 1. The van der Waals surface area contributed by atoms with Crippen molar-refractivity contribution in [1.29, 1.82) is 0 Å². The molecule has 0 bridgehead atoms. The van der Waals surface area contributed by atoms with Gasteiger partial charge in [0.05, 0.1) is 6.07 Å². The SMILES string of the molecule is Fc1cc(OCc2ccc(Br)cc2)ncn1. The van der Waals surface area contributed by atoms with E-state index in [0.29, 0.717) is 6.61 Å². The molecule has 0 unspecified atom stereocenters. The molecule has 0 N–H and O–H groups in total.